The van der Waals surface area contributed by atoms with Gasteiger partial charge in [0.1, 0.15) is 5.82 Å². The van der Waals surface area contributed by atoms with Crippen molar-refractivity contribution >= 4 is 0 Å². The zero-order chi connectivity index (χ0) is 14.5. The van der Waals surface area contributed by atoms with Crippen LogP contribution < -0.4 is 5.32 Å². The summed E-state index contributed by atoms with van der Waals surface area (Å²) in [4.78, 5) is 4.64. The van der Waals surface area contributed by atoms with E-state index in [2.05, 4.69) is 48.9 Å². The van der Waals surface area contributed by atoms with Crippen molar-refractivity contribution in [3.63, 3.8) is 0 Å². The van der Waals surface area contributed by atoms with Crippen LogP contribution in [0.15, 0.2) is 12.4 Å². The molecule has 1 heterocycles. The van der Waals surface area contributed by atoms with Crippen LogP contribution in [-0.2, 0) is 6.54 Å². The van der Waals surface area contributed by atoms with Crippen LogP contribution in [0.4, 0.5) is 0 Å². The summed E-state index contributed by atoms with van der Waals surface area (Å²) >= 11 is 0. The second-order valence-electron chi connectivity index (χ2n) is 6.66. The van der Waals surface area contributed by atoms with Gasteiger partial charge in [-0.3, -0.25) is 0 Å². The Bertz CT molecular complexity index is 389. The highest BCUT2D eigenvalue weighted by molar-refractivity contribution is 5.02. The highest BCUT2D eigenvalue weighted by atomic mass is 15.1. The van der Waals surface area contributed by atoms with E-state index >= 15 is 0 Å². The first-order valence-corrected chi connectivity index (χ1v) is 8.35. The van der Waals surface area contributed by atoms with Crippen molar-refractivity contribution < 1.29 is 0 Å². The molecule has 1 atom stereocenters. The molecule has 1 aromatic heterocycles. The van der Waals surface area contributed by atoms with Crippen molar-refractivity contribution in [2.45, 2.75) is 65.5 Å². The van der Waals surface area contributed by atoms with Gasteiger partial charge in [-0.15, -0.1) is 0 Å². The average molecular weight is 277 g/mol. The van der Waals surface area contributed by atoms with Gasteiger partial charge in [0.25, 0.3) is 0 Å². The number of hydrogen-bond acceptors (Lipinski definition) is 2. The van der Waals surface area contributed by atoms with Crippen LogP contribution in [-0.4, -0.2) is 16.6 Å². The zero-order valence-corrected chi connectivity index (χ0v) is 13.6. The molecule has 1 N–H and O–H groups in total. The van der Waals surface area contributed by atoms with Crippen LogP contribution in [0.5, 0.6) is 0 Å². The van der Waals surface area contributed by atoms with Gasteiger partial charge in [0, 0.05) is 18.9 Å². The summed E-state index contributed by atoms with van der Waals surface area (Å²) in [6, 6.07) is 0.421. The Morgan fingerprint density at radius 2 is 1.90 bits per heavy atom. The Balaban J connectivity index is 2.04. The minimum Gasteiger partial charge on any atom is -0.334 e. The molecule has 2 rings (SSSR count). The van der Waals surface area contributed by atoms with E-state index in [-0.39, 0.29) is 0 Å². The summed E-state index contributed by atoms with van der Waals surface area (Å²) < 4.78 is 2.33. The van der Waals surface area contributed by atoms with Crippen LogP contribution in [0.25, 0.3) is 0 Å². The van der Waals surface area contributed by atoms with Crippen LogP contribution in [0.2, 0.25) is 0 Å². The molecule has 114 valence electrons. The third kappa shape index (κ3) is 3.43. The molecule has 1 saturated carbocycles. The summed E-state index contributed by atoms with van der Waals surface area (Å²) in [5, 5.41) is 3.53. The van der Waals surface area contributed by atoms with E-state index in [1.54, 1.807) is 0 Å². The number of aromatic nitrogens is 2. The molecule has 1 aromatic rings. The van der Waals surface area contributed by atoms with Crippen LogP contribution >= 0.6 is 0 Å². The summed E-state index contributed by atoms with van der Waals surface area (Å²) in [7, 11) is 2.09. The first-order valence-electron chi connectivity index (χ1n) is 8.35. The fourth-order valence-corrected chi connectivity index (χ4v) is 3.75. The highest BCUT2D eigenvalue weighted by Gasteiger charge is 2.30. The van der Waals surface area contributed by atoms with Crippen molar-refractivity contribution in [1.82, 2.24) is 14.9 Å². The van der Waals surface area contributed by atoms with Gasteiger partial charge in [-0.05, 0) is 56.9 Å². The van der Waals surface area contributed by atoms with Gasteiger partial charge in [0.05, 0.1) is 6.04 Å². The lowest BCUT2D eigenvalue weighted by molar-refractivity contribution is 0.187. The molecule has 1 aliphatic rings. The predicted molar refractivity (Wildman–Crippen MR) is 84.6 cm³/mol. The Labute approximate surface area is 124 Å². The van der Waals surface area contributed by atoms with Gasteiger partial charge < -0.3 is 9.88 Å². The molecule has 1 fully saturated rings. The topological polar surface area (TPSA) is 29.9 Å². The summed E-state index contributed by atoms with van der Waals surface area (Å²) in [5.74, 6) is 3.75. The lowest BCUT2D eigenvalue weighted by Crippen LogP contribution is -2.31. The van der Waals surface area contributed by atoms with Crippen LogP contribution in [0.1, 0.15) is 64.7 Å². The van der Waals surface area contributed by atoms with E-state index in [0.29, 0.717) is 6.04 Å². The third-order valence-electron chi connectivity index (χ3n) is 5.03. The molecule has 0 saturated heterocycles. The average Bonchev–Trinajstić information content (AvgIpc) is 2.89. The number of nitrogens with one attached hydrogen (secondary N) is 1. The lowest BCUT2D eigenvalue weighted by atomic mass is 9.74. The second-order valence-corrected chi connectivity index (χ2v) is 6.66. The maximum Gasteiger partial charge on any atom is 0.126 e. The smallest absolute Gasteiger partial charge is 0.126 e. The number of nitrogens with zero attached hydrogens (tertiary/aromatic N) is 2. The van der Waals surface area contributed by atoms with Crippen LogP contribution in [0, 0.1) is 17.8 Å². The van der Waals surface area contributed by atoms with E-state index in [1.165, 1.54) is 37.9 Å². The van der Waals surface area contributed by atoms with Gasteiger partial charge >= 0.3 is 0 Å². The highest BCUT2D eigenvalue weighted by Crippen LogP contribution is 2.38. The molecule has 0 spiro atoms. The second kappa shape index (κ2) is 7.26. The minimum absolute atomic E-state index is 0.421. The fraction of sp³-hybridized carbons (Fsp3) is 0.824. The molecular formula is C17H31N3. The monoisotopic (exact) mass is 277 g/mol. The Morgan fingerprint density at radius 1 is 1.25 bits per heavy atom. The molecule has 0 amide bonds. The Hall–Kier alpha value is -0.830. The quantitative estimate of drug-likeness (QED) is 0.851. The van der Waals surface area contributed by atoms with E-state index in [9.17, 15) is 0 Å². The molecular weight excluding hydrogens is 246 g/mol. The number of aryl methyl sites for hydroxylation is 1. The number of rotatable bonds is 6. The molecule has 0 bridgehead atoms. The van der Waals surface area contributed by atoms with Crippen molar-refractivity contribution in [2.24, 2.45) is 17.8 Å². The fourth-order valence-electron chi connectivity index (χ4n) is 3.75. The molecule has 3 nitrogen and oxygen atoms in total. The van der Waals surface area contributed by atoms with Crippen LogP contribution in [0.3, 0.4) is 0 Å². The van der Waals surface area contributed by atoms with E-state index < -0.39 is 0 Å². The predicted octanol–water partition coefficient (Wildman–Crippen LogP) is 4.02. The third-order valence-corrected chi connectivity index (χ3v) is 5.03. The first kappa shape index (κ1) is 15.6. The van der Waals surface area contributed by atoms with Crippen molar-refractivity contribution in [2.75, 3.05) is 7.05 Å². The Kier molecular flexibility index (Phi) is 5.64. The maximum absolute atomic E-state index is 4.64. The largest absolute Gasteiger partial charge is 0.334 e. The lowest BCUT2D eigenvalue weighted by Gasteiger charge is -2.35. The Morgan fingerprint density at radius 3 is 2.45 bits per heavy atom. The number of imidazole rings is 1. The SMILES string of the molecule is CCCn1ccnc1C(NC)C1CCC(C(C)C)CC1. The van der Waals surface area contributed by atoms with Gasteiger partial charge in [-0.2, -0.15) is 0 Å². The summed E-state index contributed by atoms with van der Waals surface area (Å²) in [5.41, 5.74) is 0. The molecule has 0 aliphatic heterocycles. The van der Waals surface area contributed by atoms with E-state index in [4.69, 9.17) is 0 Å². The van der Waals surface area contributed by atoms with Crippen molar-refractivity contribution in [3.05, 3.63) is 18.2 Å². The van der Waals surface area contributed by atoms with Gasteiger partial charge in [0.15, 0.2) is 0 Å². The number of hydrogen-bond donors (Lipinski definition) is 1. The zero-order valence-electron chi connectivity index (χ0n) is 13.6. The molecule has 0 radical (unpaired) electrons. The van der Waals surface area contributed by atoms with Crippen molar-refractivity contribution in [1.29, 1.82) is 0 Å². The van der Waals surface area contributed by atoms with Crippen molar-refractivity contribution in [3.8, 4) is 0 Å². The van der Waals surface area contributed by atoms with Gasteiger partial charge in [-0.25, -0.2) is 4.98 Å². The van der Waals surface area contributed by atoms with E-state index in [0.717, 1.165) is 24.3 Å². The molecule has 1 aliphatic carbocycles. The van der Waals surface area contributed by atoms with Gasteiger partial charge in [-0.1, -0.05) is 20.8 Å². The molecule has 1 unspecified atom stereocenters. The maximum atomic E-state index is 4.64. The summed E-state index contributed by atoms with van der Waals surface area (Å²) in [6.45, 7) is 8.05. The van der Waals surface area contributed by atoms with Gasteiger partial charge in [0.2, 0.25) is 0 Å². The molecule has 20 heavy (non-hydrogen) atoms. The summed E-state index contributed by atoms with van der Waals surface area (Å²) in [6.07, 6.45) is 10.7. The first-order chi connectivity index (χ1) is 9.67. The minimum atomic E-state index is 0.421. The molecule has 0 aromatic carbocycles. The standard InChI is InChI=1S/C17H31N3/c1-5-11-20-12-10-19-17(20)16(18-4)15-8-6-14(7-9-15)13(2)3/h10,12-16,18H,5-9,11H2,1-4H3. The normalized spacial score (nSPS) is 25.1. The molecule has 3 heteroatoms. The van der Waals surface area contributed by atoms with E-state index in [1.807, 2.05) is 6.20 Å².